The van der Waals surface area contributed by atoms with Gasteiger partial charge in [0.05, 0.1) is 5.56 Å². The Morgan fingerprint density at radius 1 is 0.278 bits per heavy atom. The van der Waals surface area contributed by atoms with E-state index >= 15 is 0 Å². The van der Waals surface area contributed by atoms with Crippen LogP contribution in [0.3, 0.4) is 0 Å². The molecule has 54 heavy (non-hydrogen) atoms. The number of hydrogen-bond donors (Lipinski definition) is 0. The zero-order chi connectivity index (χ0) is 35.6. The molecule has 11 rings (SSSR count). The standard InChI is InChI=1S/C49H29N3O2/c1-3-12-30(13-4-1)34-26-27-44-41(28-34)42-29-40(35-16-7-8-18-37(35)46(42)54-44)31-22-24-33(25-23-31)48-50-47(32-14-5-2-6-15-32)51-49(52-48)39-20-11-19-38-36-17-9-10-21-43(36)53-45(38)39/h1-29H. The highest BCUT2D eigenvalue weighted by Gasteiger charge is 2.19. The molecule has 0 aliphatic carbocycles. The topological polar surface area (TPSA) is 65.0 Å². The first-order valence-electron chi connectivity index (χ1n) is 18.0. The molecule has 0 saturated carbocycles. The van der Waals surface area contributed by atoms with Gasteiger partial charge in [-0.1, -0.05) is 146 Å². The quantitative estimate of drug-likeness (QED) is 0.180. The maximum atomic E-state index is 6.53. The van der Waals surface area contributed by atoms with Crippen molar-refractivity contribution in [2.45, 2.75) is 0 Å². The van der Waals surface area contributed by atoms with Gasteiger partial charge in [-0.05, 0) is 58.0 Å². The molecular weight excluding hydrogens is 663 g/mol. The summed E-state index contributed by atoms with van der Waals surface area (Å²) >= 11 is 0. The van der Waals surface area contributed by atoms with E-state index in [0.717, 1.165) is 88.0 Å². The molecule has 0 atom stereocenters. The summed E-state index contributed by atoms with van der Waals surface area (Å²) in [5.74, 6) is 1.75. The van der Waals surface area contributed by atoms with E-state index in [-0.39, 0.29) is 0 Å². The molecule has 0 saturated heterocycles. The Hall–Kier alpha value is -7.37. The molecule has 5 nitrogen and oxygen atoms in total. The number of fused-ring (bicyclic) bond motifs is 8. The molecule has 0 bridgehead atoms. The first-order valence-corrected chi connectivity index (χ1v) is 18.0. The van der Waals surface area contributed by atoms with E-state index in [4.69, 9.17) is 23.8 Å². The third kappa shape index (κ3) is 4.90. The van der Waals surface area contributed by atoms with Crippen molar-refractivity contribution in [1.29, 1.82) is 0 Å². The van der Waals surface area contributed by atoms with Gasteiger partial charge in [-0.3, -0.25) is 0 Å². The molecule has 5 heteroatoms. The molecule has 0 aliphatic heterocycles. The van der Waals surface area contributed by atoms with Crippen LogP contribution in [0.5, 0.6) is 0 Å². The number of para-hydroxylation sites is 2. The van der Waals surface area contributed by atoms with Gasteiger partial charge < -0.3 is 8.83 Å². The number of aromatic nitrogens is 3. The average molecular weight is 692 g/mol. The van der Waals surface area contributed by atoms with E-state index < -0.39 is 0 Å². The first-order chi connectivity index (χ1) is 26.7. The zero-order valence-corrected chi connectivity index (χ0v) is 28.9. The molecular formula is C49H29N3O2. The number of nitrogens with zero attached hydrogens (tertiary/aromatic N) is 3. The fourth-order valence-corrected chi connectivity index (χ4v) is 7.71. The van der Waals surface area contributed by atoms with Crippen molar-refractivity contribution in [3.05, 3.63) is 176 Å². The van der Waals surface area contributed by atoms with Crippen molar-refractivity contribution >= 4 is 54.6 Å². The molecule has 0 radical (unpaired) electrons. The van der Waals surface area contributed by atoms with Gasteiger partial charge in [-0.15, -0.1) is 0 Å². The van der Waals surface area contributed by atoms with Crippen LogP contribution in [0.2, 0.25) is 0 Å². The molecule has 0 aliphatic rings. The summed E-state index contributed by atoms with van der Waals surface area (Å²) in [7, 11) is 0. The Labute approximate surface area is 309 Å². The summed E-state index contributed by atoms with van der Waals surface area (Å²) in [6.45, 7) is 0. The molecule has 252 valence electrons. The van der Waals surface area contributed by atoms with E-state index in [9.17, 15) is 0 Å². The second-order valence-corrected chi connectivity index (χ2v) is 13.6. The molecule has 3 heterocycles. The van der Waals surface area contributed by atoms with Crippen LogP contribution in [0.15, 0.2) is 185 Å². The lowest BCUT2D eigenvalue weighted by Crippen LogP contribution is -2.00. The van der Waals surface area contributed by atoms with E-state index in [1.165, 1.54) is 5.56 Å². The lowest BCUT2D eigenvalue weighted by atomic mass is 9.94. The molecule has 0 spiro atoms. The van der Waals surface area contributed by atoms with Gasteiger partial charge in [-0.25, -0.2) is 15.0 Å². The minimum absolute atomic E-state index is 0.561. The van der Waals surface area contributed by atoms with Gasteiger partial charge in [0.25, 0.3) is 0 Å². The monoisotopic (exact) mass is 691 g/mol. The zero-order valence-electron chi connectivity index (χ0n) is 28.9. The van der Waals surface area contributed by atoms with Crippen molar-refractivity contribution in [2.24, 2.45) is 0 Å². The van der Waals surface area contributed by atoms with Crippen LogP contribution in [-0.4, -0.2) is 15.0 Å². The van der Waals surface area contributed by atoms with E-state index in [2.05, 4.69) is 109 Å². The highest BCUT2D eigenvalue weighted by molar-refractivity contribution is 6.19. The molecule has 11 aromatic rings. The fraction of sp³-hybridized carbons (Fsp3) is 0. The van der Waals surface area contributed by atoms with Crippen LogP contribution >= 0.6 is 0 Å². The third-order valence-electron chi connectivity index (χ3n) is 10.4. The molecule has 0 fully saturated rings. The van der Waals surface area contributed by atoms with Crippen LogP contribution in [-0.2, 0) is 0 Å². The summed E-state index contributed by atoms with van der Waals surface area (Å²) < 4.78 is 12.9. The number of benzene rings is 8. The third-order valence-corrected chi connectivity index (χ3v) is 10.4. The fourth-order valence-electron chi connectivity index (χ4n) is 7.71. The van der Waals surface area contributed by atoms with E-state index in [1.807, 2.05) is 66.7 Å². The van der Waals surface area contributed by atoms with Gasteiger partial charge in [0.2, 0.25) is 0 Å². The van der Waals surface area contributed by atoms with Crippen molar-refractivity contribution in [3.8, 4) is 56.4 Å². The highest BCUT2D eigenvalue weighted by atomic mass is 16.3. The van der Waals surface area contributed by atoms with E-state index in [0.29, 0.717) is 17.5 Å². The van der Waals surface area contributed by atoms with Gasteiger partial charge in [0, 0.05) is 38.1 Å². The predicted octanol–water partition coefficient (Wildman–Crippen LogP) is 13.2. The second-order valence-electron chi connectivity index (χ2n) is 13.6. The first kappa shape index (κ1) is 30.3. The van der Waals surface area contributed by atoms with Crippen molar-refractivity contribution < 1.29 is 8.83 Å². The smallest absolute Gasteiger partial charge is 0.167 e. The van der Waals surface area contributed by atoms with Crippen LogP contribution in [0, 0.1) is 0 Å². The Bertz CT molecular complexity index is 3200. The van der Waals surface area contributed by atoms with Crippen molar-refractivity contribution in [3.63, 3.8) is 0 Å². The molecule has 8 aromatic carbocycles. The number of rotatable bonds is 5. The maximum absolute atomic E-state index is 6.53. The Morgan fingerprint density at radius 2 is 0.815 bits per heavy atom. The minimum atomic E-state index is 0.561. The normalized spacial score (nSPS) is 11.7. The Morgan fingerprint density at radius 3 is 1.59 bits per heavy atom. The second kappa shape index (κ2) is 12.1. The van der Waals surface area contributed by atoms with Crippen LogP contribution < -0.4 is 0 Å². The summed E-state index contributed by atoms with van der Waals surface area (Å²) in [6, 6.07) is 60.5. The van der Waals surface area contributed by atoms with Crippen molar-refractivity contribution in [2.75, 3.05) is 0 Å². The average Bonchev–Trinajstić information content (AvgIpc) is 3.82. The van der Waals surface area contributed by atoms with Gasteiger partial charge >= 0.3 is 0 Å². The molecule has 0 amide bonds. The van der Waals surface area contributed by atoms with Gasteiger partial charge in [0.1, 0.15) is 22.3 Å². The SMILES string of the molecule is c1ccc(-c2ccc3oc4c5ccccc5c(-c5ccc(-c6nc(-c7ccccc7)nc(-c7cccc8c7oc7ccccc78)n6)cc5)cc4c3c2)cc1. The largest absolute Gasteiger partial charge is 0.455 e. The summed E-state index contributed by atoms with van der Waals surface area (Å²) in [4.78, 5) is 15.1. The van der Waals surface area contributed by atoms with Crippen LogP contribution in [0.1, 0.15) is 0 Å². The Balaban J connectivity index is 1.06. The maximum Gasteiger partial charge on any atom is 0.167 e. The molecule has 0 unspecified atom stereocenters. The summed E-state index contributed by atoms with van der Waals surface area (Å²) in [5, 5.41) is 6.50. The van der Waals surface area contributed by atoms with Crippen LogP contribution in [0.4, 0.5) is 0 Å². The number of hydrogen-bond acceptors (Lipinski definition) is 5. The summed E-state index contributed by atoms with van der Waals surface area (Å²) in [6.07, 6.45) is 0. The lowest BCUT2D eigenvalue weighted by Gasteiger charge is -2.11. The number of furan rings is 2. The van der Waals surface area contributed by atoms with Crippen molar-refractivity contribution in [1.82, 2.24) is 15.0 Å². The molecule has 3 aromatic heterocycles. The van der Waals surface area contributed by atoms with Crippen LogP contribution in [0.25, 0.3) is 111 Å². The minimum Gasteiger partial charge on any atom is -0.455 e. The molecule has 0 N–H and O–H groups in total. The van der Waals surface area contributed by atoms with Gasteiger partial charge in [0.15, 0.2) is 17.5 Å². The summed E-state index contributed by atoms with van der Waals surface area (Å²) in [5.41, 5.74) is 10.6. The Kier molecular flexibility index (Phi) is 6.79. The highest BCUT2D eigenvalue weighted by Crippen LogP contribution is 2.41. The van der Waals surface area contributed by atoms with Gasteiger partial charge in [-0.2, -0.15) is 0 Å². The van der Waals surface area contributed by atoms with E-state index in [1.54, 1.807) is 0 Å². The predicted molar refractivity (Wildman–Crippen MR) is 219 cm³/mol. The lowest BCUT2D eigenvalue weighted by molar-refractivity contribution is 0.669.